The van der Waals surface area contributed by atoms with Crippen molar-refractivity contribution in [3.63, 3.8) is 0 Å². The van der Waals surface area contributed by atoms with Crippen LogP contribution in [-0.4, -0.2) is 44.0 Å². The number of ether oxygens (including phenoxy) is 1. The molecule has 0 aliphatic carbocycles. The second-order valence-electron chi connectivity index (χ2n) is 5.53. The fraction of sp³-hybridized carbons (Fsp3) is 0.667. The summed E-state index contributed by atoms with van der Waals surface area (Å²) in [4.78, 5) is 14.7. The zero-order chi connectivity index (χ0) is 16.0. The molecule has 5 nitrogen and oxygen atoms in total. The number of nitrogens with one attached hydrogen (secondary N) is 1. The number of Topliss-reactive ketones (excluding diaryl/α,β-unsaturated/α-hetero) is 1. The maximum absolute atomic E-state index is 11.9. The average Bonchev–Trinajstić information content (AvgIpc) is 2.71. The minimum Gasteiger partial charge on any atom is -0.486 e. The Labute approximate surface area is 131 Å². The molecular weight excluding hydrogens is 286 g/mol. The minimum absolute atomic E-state index is 0.0220. The van der Waals surface area contributed by atoms with Gasteiger partial charge < -0.3 is 20.7 Å². The molecule has 0 unspecified atom stereocenters. The summed E-state index contributed by atoms with van der Waals surface area (Å²) in [5, 5.41) is 4.21. The molecule has 0 aliphatic heterocycles. The molecule has 1 aromatic heterocycles. The van der Waals surface area contributed by atoms with Crippen LogP contribution in [-0.2, 0) is 0 Å². The lowest BCUT2D eigenvalue weighted by molar-refractivity contribution is 0.0992. The third kappa shape index (κ3) is 5.21. The van der Waals surface area contributed by atoms with Gasteiger partial charge in [0.25, 0.3) is 0 Å². The normalized spacial score (nSPS) is 11.2. The van der Waals surface area contributed by atoms with Crippen LogP contribution in [0.2, 0.25) is 0 Å². The SMILES string of the molecule is CCC(=O)c1sc(NCCCN(C)C)c(OC(C)C)c1N. The fourth-order valence-electron chi connectivity index (χ4n) is 1.86. The first-order valence-corrected chi connectivity index (χ1v) is 8.19. The van der Waals surface area contributed by atoms with Crippen molar-refractivity contribution in [3.05, 3.63) is 4.88 Å². The summed E-state index contributed by atoms with van der Waals surface area (Å²) < 4.78 is 5.79. The van der Waals surface area contributed by atoms with Crippen LogP contribution in [0, 0.1) is 0 Å². The lowest BCUT2D eigenvalue weighted by Gasteiger charge is -2.13. The molecule has 1 heterocycles. The number of thiophene rings is 1. The Morgan fingerprint density at radius 1 is 1.43 bits per heavy atom. The Kier molecular flexibility index (Phi) is 6.98. The van der Waals surface area contributed by atoms with E-state index in [1.54, 1.807) is 0 Å². The molecule has 6 heteroatoms. The molecule has 0 fully saturated rings. The monoisotopic (exact) mass is 313 g/mol. The van der Waals surface area contributed by atoms with Crippen LogP contribution >= 0.6 is 11.3 Å². The van der Waals surface area contributed by atoms with Crippen molar-refractivity contribution in [1.82, 2.24) is 4.90 Å². The van der Waals surface area contributed by atoms with Crippen molar-refractivity contribution >= 4 is 27.8 Å². The zero-order valence-electron chi connectivity index (χ0n) is 13.7. The van der Waals surface area contributed by atoms with E-state index in [-0.39, 0.29) is 11.9 Å². The summed E-state index contributed by atoms with van der Waals surface area (Å²) in [6.45, 7) is 7.58. The minimum atomic E-state index is 0.0220. The van der Waals surface area contributed by atoms with Crippen LogP contribution in [0.4, 0.5) is 10.7 Å². The Hall–Kier alpha value is -1.27. The summed E-state index contributed by atoms with van der Waals surface area (Å²) in [7, 11) is 4.10. The standard InChI is InChI=1S/C15H27N3O2S/c1-6-11(19)14-12(16)13(20-10(2)3)15(21-14)17-8-7-9-18(4)5/h10,17H,6-9,16H2,1-5H3. The molecule has 1 rings (SSSR count). The van der Waals surface area contributed by atoms with Gasteiger partial charge >= 0.3 is 0 Å². The van der Waals surface area contributed by atoms with Gasteiger partial charge in [0.05, 0.1) is 16.7 Å². The third-order valence-electron chi connectivity index (χ3n) is 2.90. The number of carbonyl (C=O) groups excluding carboxylic acids is 1. The molecular formula is C15H27N3O2S. The van der Waals surface area contributed by atoms with Crippen molar-refractivity contribution < 1.29 is 9.53 Å². The van der Waals surface area contributed by atoms with Gasteiger partial charge in [-0.2, -0.15) is 0 Å². The van der Waals surface area contributed by atoms with Crippen LogP contribution in [0.5, 0.6) is 5.75 Å². The van der Waals surface area contributed by atoms with Gasteiger partial charge in [-0.05, 0) is 40.9 Å². The van der Waals surface area contributed by atoms with E-state index in [1.165, 1.54) is 11.3 Å². The summed E-state index contributed by atoms with van der Waals surface area (Å²) in [5.74, 6) is 0.684. The molecule has 3 N–H and O–H groups in total. The summed E-state index contributed by atoms with van der Waals surface area (Å²) in [6, 6.07) is 0. The van der Waals surface area contributed by atoms with Gasteiger partial charge in [-0.25, -0.2) is 0 Å². The molecule has 0 radical (unpaired) electrons. The van der Waals surface area contributed by atoms with E-state index in [0.717, 1.165) is 24.5 Å². The van der Waals surface area contributed by atoms with Gasteiger partial charge in [-0.15, -0.1) is 11.3 Å². The quantitative estimate of drug-likeness (QED) is 0.542. The number of hydrogen-bond acceptors (Lipinski definition) is 6. The summed E-state index contributed by atoms with van der Waals surface area (Å²) in [5.41, 5.74) is 6.57. The van der Waals surface area contributed by atoms with E-state index in [4.69, 9.17) is 10.5 Å². The largest absolute Gasteiger partial charge is 0.486 e. The average molecular weight is 313 g/mol. The van der Waals surface area contributed by atoms with Crippen molar-refractivity contribution in [2.45, 2.75) is 39.7 Å². The molecule has 0 atom stereocenters. The number of anilines is 2. The van der Waals surface area contributed by atoms with Crippen molar-refractivity contribution in [1.29, 1.82) is 0 Å². The lowest BCUT2D eigenvalue weighted by Crippen LogP contribution is -2.16. The first kappa shape index (κ1) is 17.8. The number of nitrogen functional groups attached to an aromatic ring is 1. The predicted octanol–water partition coefficient (Wildman–Crippen LogP) is 3.07. The fourth-order valence-corrected chi connectivity index (χ4v) is 2.95. The molecule has 0 aromatic carbocycles. The molecule has 0 spiro atoms. The Balaban J connectivity index is 2.86. The molecule has 1 aromatic rings. The van der Waals surface area contributed by atoms with E-state index in [2.05, 4.69) is 24.3 Å². The number of rotatable bonds is 9. The van der Waals surface area contributed by atoms with Crippen LogP contribution in [0.3, 0.4) is 0 Å². The number of carbonyl (C=O) groups is 1. The van der Waals surface area contributed by atoms with Gasteiger partial charge in [0.1, 0.15) is 5.00 Å². The van der Waals surface area contributed by atoms with Crippen LogP contribution in [0.15, 0.2) is 0 Å². The summed E-state index contributed by atoms with van der Waals surface area (Å²) >= 11 is 1.40. The smallest absolute Gasteiger partial charge is 0.177 e. The van der Waals surface area contributed by atoms with Crippen LogP contribution < -0.4 is 15.8 Å². The third-order valence-corrected chi connectivity index (χ3v) is 4.08. The molecule has 21 heavy (non-hydrogen) atoms. The van der Waals surface area contributed by atoms with Gasteiger partial charge in [-0.1, -0.05) is 6.92 Å². The van der Waals surface area contributed by atoms with E-state index < -0.39 is 0 Å². The Morgan fingerprint density at radius 3 is 2.62 bits per heavy atom. The van der Waals surface area contributed by atoms with E-state index >= 15 is 0 Å². The highest BCUT2D eigenvalue weighted by molar-refractivity contribution is 7.19. The predicted molar refractivity (Wildman–Crippen MR) is 90.8 cm³/mol. The van der Waals surface area contributed by atoms with E-state index in [1.807, 2.05) is 20.8 Å². The van der Waals surface area contributed by atoms with Crippen LogP contribution in [0.25, 0.3) is 0 Å². The molecule has 0 amide bonds. The number of nitrogens with two attached hydrogens (primary N) is 1. The van der Waals surface area contributed by atoms with Crippen molar-refractivity contribution in [2.75, 3.05) is 38.2 Å². The topological polar surface area (TPSA) is 67.6 Å². The highest BCUT2D eigenvalue weighted by atomic mass is 32.1. The second kappa shape index (κ2) is 8.24. The first-order valence-electron chi connectivity index (χ1n) is 7.37. The van der Waals surface area contributed by atoms with Crippen molar-refractivity contribution in [2.24, 2.45) is 0 Å². The van der Waals surface area contributed by atoms with Gasteiger partial charge in [0.2, 0.25) is 0 Å². The van der Waals surface area contributed by atoms with Crippen LogP contribution in [0.1, 0.15) is 43.3 Å². The maximum atomic E-state index is 11.9. The molecule has 120 valence electrons. The number of nitrogens with zero attached hydrogens (tertiary/aromatic N) is 1. The number of hydrogen-bond donors (Lipinski definition) is 2. The Bertz CT molecular complexity index is 470. The van der Waals surface area contributed by atoms with E-state index in [0.29, 0.717) is 22.7 Å². The molecule has 0 bridgehead atoms. The highest BCUT2D eigenvalue weighted by Crippen LogP contribution is 2.43. The zero-order valence-corrected chi connectivity index (χ0v) is 14.5. The van der Waals surface area contributed by atoms with Gasteiger partial charge in [0, 0.05) is 13.0 Å². The maximum Gasteiger partial charge on any atom is 0.177 e. The molecule has 0 saturated carbocycles. The van der Waals surface area contributed by atoms with Crippen molar-refractivity contribution in [3.8, 4) is 5.75 Å². The molecule has 0 aliphatic rings. The number of ketones is 1. The van der Waals surface area contributed by atoms with Gasteiger partial charge in [0.15, 0.2) is 11.5 Å². The van der Waals surface area contributed by atoms with Gasteiger partial charge in [-0.3, -0.25) is 4.79 Å². The highest BCUT2D eigenvalue weighted by Gasteiger charge is 2.21. The second-order valence-corrected chi connectivity index (χ2v) is 6.55. The molecule has 0 saturated heterocycles. The first-order chi connectivity index (χ1) is 9.86. The van der Waals surface area contributed by atoms with E-state index in [9.17, 15) is 4.79 Å². The Morgan fingerprint density at radius 2 is 2.10 bits per heavy atom. The summed E-state index contributed by atoms with van der Waals surface area (Å²) in [6.07, 6.45) is 1.49. The lowest BCUT2D eigenvalue weighted by atomic mass is 10.2.